The number of nitrogens with two attached hydrogens (primary N) is 1. The molecule has 1 saturated carbocycles. The van der Waals surface area contributed by atoms with Gasteiger partial charge in [0.2, 0.25) is 0 Å². The highest BCUT2D eigenvalue weighted by Gasteiger charge is 2.24. The van der Waals surface area contributed by atoms with Gasteiger partial charge >= 0.3 is 0 Å². The average Bonchev–Trinajstić information content (AvgIpc) is 3.40. The Morgan fingerprint density at radius 2 is 2.12 bits per heavy atom. The van der Waals surface area contributed by atoms with Gasteiger partial charge in [-0.1, -0.05) is 23.8 Å². The van der Waals surface area contributed by atoms with E-state index in [-0.39, 0.29) is 5.91 Å². The van der Waals surface area contributed by atoms with E-state index in [1.54, 1.807) is 15.9 Å². The zero-order valence-corrected chi connectivity index (χ0v) is 18.5. The lowest BCUT2D eigenvalue weighted by molar-refractivity contribution is 0.0951. The van der Waals surface area contributed by atoms with E-state index in [1.807, 2.05) is 62.5 Å². The monoisotopic (exact) mass is 446 g/mol. The maximum absolute atomic E-state index is 12.5. The molecular formula is C24H26N6O3. The summed E-state index contributed by atoms with van der Waals surface area (Å²) in [6, 6.07) is 13.7. The first-order valence-corrected chi connectivity index (χ1v) is 10.8. The SMILES string of the molecule is CC1=CN(c2cccc(COc3ncn(-c4cc(C(=O)NC5CC5)ccc4C)c3N)c2)NO1. The molecule has 170 valence electrons. The summed E-state index contributed by atoms with van der Waals surface area (Å²) in [6.07, 6.45) is 5.56. The molecule has 0 atom stereocenters. The first-order valence-electron chi connectivity index (χ1n) is 10.8. The molecular weight excluding hydrogens is 420 g/mol. The lowest BCUT2D eigenvalue weighted by atomic mass is 10.1. The molecule has 1 aliphatic heterocycles. The molecule has 0 bridgehead atoms. The molecule has 9 heteroatoms. The number of carbonyl (C=O) groups excluding carboxylic acids is 1. The lowest BCUT2D eigenvalue weighted by Gasteiger charge is -2.15. The van der Waals surface area contributed by atoms with Crippen LogP contribution in [-0.4, -0.2) is 21.5 Å². The van der Waals surface area contributed by atoms with Crippen LogP contribution in [0.4, 0.5) is 11.5 Å². The second kappa shape index (κ2) is 8.51. The number of allylic oxidation sites excluding steroid dienone is 1. The van der Waals surface area contributed by atoms with Crippen LogP contribution < -0.4 is 26.4 Å². The number of benzene rings is 2. The van der Waals surface area contributed by atoms with Crippen LogP contribution in [0.2, 0.25) is 0 Å². The van der Waals surface area contributed by atoms with Gasteiger partial charge in [0.25, 0.3) is 11.8 Å². The average molecular weight is 447 g/mol. The van der Waals surface area contributed by atoms with Crippen LogP contribution in [0, 0.1) is 6.92 Å². The van der Waals surface area contributed by atoms with Gasteiger partial charge in [-0.05, 0) is 62.1 Å². The molecule has 1 aromatic heterocycles. The van der Waals surface area contributed by atoms with Crippen molar-refractivity contribution < 1.29 is 14.4 Å². The van der Waals surface area contributed by atoms with Crippen molar-refractivity contribution in [1.29, 1.82) is 0 Å². The predicted octanol–water partition coefficient (Wildman–Crippen LogP) is 3.35. The molecule has 3 aromatic rings. The molecule has 2 aromatic carbocycles. The van der Waals surface area contributed by atoms with Gasteiger partial charge in [0, 0.05) is 11.6 Å². The van der Waals surface area contributed by atoms with Crippen LogP contribution in [0.3, 0.4) is 0 Å². The van der Waals surface area contributed by atoms with Crippen LogP contribution in [-0.2, 0) is 11.4 Å². The summed E-state index contributed by atoms with van der Waals surface area (Å²) in [5.41, 5.74) is 13.4. The van der Waals surface area contributed by atoms with Crippen molar-refractivity contribution in [3.63, 3.8) is 0 Å². The van der Waals surface area contributed by atoms with Gasteiger partial charge < -0.3 is 20.6 Å². The topological polar surface area (TPSA) is 107 Å². The molecule has 1 aliphatic carbocycles. The van der Waals surface area contributed by atoms with Crippen LogP contribution >= 0.6 is 0 Å². The number of imidazole rings is 1. The fourth-order valence-corrected chi connectivity index (χ4v) is 3.58. The first kappa shape index (κ1) is 20.9. The normalized spacial score (nSPS) is 15.2. The van der Waals surface area contributed by atoms with Gasteiger partial charge in [-0.3, -0.25) is 9.36 Å². The number of anilines is 2. The Labute approximate surface area is 191 Å². The van der Waals surface area contributed by atoms with Crippen LogP contribution in [0.25, 0.3) is 5.69 Å². The number of nitrogens with zero attached hydrogens (tertiary/aromatic N) is 3. The van der Waals surface area contributed by atoms with Gasteiger partial charge in [-0.15, -0.1) is 0 Å². The molecule has 5 rings (SSSR count). The number of carbonyl (C=O) groups is 1. The minimum atomic E-state index is -0.0725. The summed E-state index contributed by atoms with van der Waals surface area (Å²) >= 11 is 0. The van der Waals surface area contributed by atoms with E-state index in [0.29, 0.717) is 29.9 Å². The molecule has 0 radical (unpaired) electrons. The van der Waals surface area contributed by atoms with Crippen molar-refractivity contribution in [2.24, 2.45) is 0 Å². The number of ether oxygens (including phenoxy) is 1. The number of aromatic nitrogens is 2. The number of hydrogen-bond donors (Lipinski definition) is 3. The van der Waals surface area contributed by atoms with Gasteiger partial charge in [-0.25, -0.2) is 9.99 Å². The quantitative estimate of drug-likeness (QED) is 0.511. The molecule has 2 heterocycles. The van der Waals surface area contributed by atoms with Gasteiger partial charge in [0.1, 0.15) is 18.7 Å². The second-order valence-corrected chi connectivity index (χ2v) is 8.32. The Kier molecular flexibility index (Phi) is 5.39. The highest BCUT2D eigenvalue weighted by Crippen LogP contribution is 2.28. The zero-order valence-electron chi connectivity index (χ0n) is 18.5. The maximum Gasteiger partial charge on any atom is 0.257 e. The molecule has 9 nitrogen and oxygen atoms in total. The minimum Gasteiger partial charge on any atom is -0.470 e. The van der Waals surface area contributed by atoms with Crippen molar-refractivity contribution in [3.05, 3.63) is 77.4 Å². The van der Waals surface area contributed by atoms with Crippen molar-refractivity contribution in [2.45, 2.75) is 39.3 Å². The van der Waals surface area contributed by atoms with Gasteiger partial charge in [0.05, 0.1) is 17.6 Å². The van der Waals surface area contributed by atoms with E-state index < -0.39 is 0 Å². The lowest BCUT2D eigenvalue weighted by Crippen LogP contribution is -2.27. The highest BCUT2D eigenvalue weighted by molar-refractivity contribution is 5.95. The third-order valence-electron chi connectivity index (χ3n) is 5.59. The molecule has 4 N–H and O–H groups in total. The number of hydrogen-bond acceptors (Lipinski definition) is 7. The van der Waals surface area contributed by atoms with Crippen molar-refractivity contribution in [2.75, 3.05) is 10.7 Å². The van der Waals surface area contributed by atoms with Crippen molar-refractivity contribution in [1.82, 2.24) is 20.5 Å². The number of aryl methyl sites for hydroxylation is 1. The Bertz CT molecular complexity index is 1230. The highest BCUT2D eigenvalue weighted by atomic mass is 16.7. The Morgan fingerprint density at radius 1 is 1.27 bits per heavy atom. The molecule has 1 fully saturated rings. The van der Waals surface area contributed by atoms with Crippen LogP contribution in [0.15, 0.2) is 60.8 Å². The smallest absolute Gasteiger partial charge is 0.257 e. The van der Waals surface area contributed by atoms with E-state index >= 15 is 0 Å². The van der Waals surface area contributed by atoms with E-state index in [0.717, 1.165) is 41.1 Å². The van der Waals surface area contributed by atoms with E-state index in [4.69, 9.17) is 15.3 Å². The molecule has 0 saturated heterocycles. The van der Waals surface area contributed by atoms with Crippen LogP contribution in [0.5, 0.6) is 5.88 Å². The Morgan fingerprint density at radius 3 is 2.88 bits per heavy atom. The molecule has 2 aliphatic rings. The summed E-state index contributed by atoms with van der Waals surface area (Å²) in [7, 11) is 0. The number of amides is 1. The number of rotatable bonds is 7. The summed E-state index contributed by atoms with van der Waals surface area (Å²) in [5.74, 6) is 1.42. The Hall–Kier alpha value is -3.98. The van der Waals surface area contributed by atoms with E-state index in [1.165, 1.54) is 0 Å². The molecule has 0 spiro atoms. The van der Waals surface area contributed by atoms with Crippen molar-refractivity contribution in [3.8, 4) is 11.6 Å². The standard InChI is InChI=1S/C24H26N6O3/c1-15-6-7-18(23(31)27-19-8-9-19)11-21(15)29-14-26-24(22(29)25)32-13-17-4-3-5-20(10-17)30-12-16(2)33-28-30/h3-7,10-12,14,19,28H,8-9,13,25H2,1-2H3,(H,27,31). The second-order valence-electron chi connectivity index (χ2n) is 8.32. The third kappa shape index (κ3) is 4.49. The third-order valence-corrected chi connectivity index (χ3v) is 5.59. The summed E-state index contributed by atoms with van der Waals surface area (Å²) in [4.78, 5) is 22.1. The summed E-state index contributed by atoms with van der Waals surface area (Å²) < 4.78 is 7.66. The number of nitrogen functional groups attached to an aromatic ring is 1. The predicted molar refractivity (Wildman–Crippen MR) is 124 cm³/mol. The number of nitrogens with one attached hydrogen (secondary N) is 2. The zero-order chi connectivity index (χ0) is 22.9. The fraction of sp³-hybridized carbons (Fsp3) is 0.250. The van der Waals surface area contributed by atoms with Gasteiger partial charge in [0.15, 0.2) is 5.82 Å². The fourth-order valence-electron chi connectivity index (χ4n) is 3.58. The minimum absolute atomic E-state index is 0.0725. The van der Waals surface area contributed by atoms with Gasteiger partial charge in [-0.2, -0.15) is 0 Å². The Balaban J connectivity index is 1.31. The van der Waals surface area contributed by atoms with E-state index in [9.17, 15) is 4.79 Å². The summed E-state index contributed by atoms with van der Waals surface area (Å²) in [6.45, 7) is 4.14. The maximum atomic E-state index is 12.5. The van der Waals surface area contributed by atoms with E-state index in [2.05, 4.69) is 15.9 Å². The number of hydrazine groups is 1. The molecule has 1 amide bonds. The first-order chi connectivity index (χ1) is 16.0. The summed E-state index contributed by atoms with van der Waals surface area (Å²) in [5, 5.41) is 4.80. The van der Waals surface area contributed by atoms with Crippen molar-refractivity contribution >= 4 is 17.4 Å². The largest absolute Gasteiger partial charge is 0.470 e. The molecule has 0 unspecified atom stereocenters. The van der Waals surface area contributed by atoms with Crippen LogP contribution in [0.1, 0.15) is 41.3 Å². The molecule has 33 heavy (non-hydrogen) atoms.